The molecule has 0 bridgehead atoms. The molecule has 0 saturated heterocycles. The van der Waals surface area contributed by atoms with Crippen molar-refractivity contribution in [1.82, 2.24) is 10.6 Å². The molecule has 0 aliphatic heterocycles. The molecule has 6 heteroatoms. The van der Waals surface area contributed by atoms with Gasteiger partial charge in [0.25, 0.3) is 0 Å². The van der Waals surface area contributed by atoms with Gasteiger partial charge in [-0.05, 0) is 25.0 Å². The molecule has 1 aromatic rings. The van der Waals surface area contributed by atoms with Gasteiger partial charge in [-0.25, -0.2) is 4.79 Å². The van der Waals surface area contributed by atoms with Crippen LogP contribution in [0.5, 0.6) is 0 Å². The second kappa shape index (κ2) is 7.78. The number of aryl methyl sites for hydroxylation is 1. The third-order valence-electron chi connectivity index (χ3n) is 2.74. The minimum Gasteiger partial charge on any atom is -0.481 e. The SMILES string of the molecule is CCc1ccc(CNC(=O)NC(CC)CC(=O)O)s1. The Morgan fingerprint density at radius 2 is 2.00 bits per heavy atom. The third-order valence-corrected chi connectivity index (χ3v) is 3.97. The molecule has 19 heavy (non-hydrogen) atoms. The number of urea groups is 1. The molecule has 2 amide bonds. The van der Waals surface area contributed by atoms with Crippen molar-refractivity contribution in [2.45, 2.75) is 45.7 Å². The molecule has 0 spiro atoms. The molecule has 0 aliphatic rings. The second-order valence-electron chi connectivity index (χ2n) is 4.25. The number of carbonyl (C=O) groups excluding carboxylic acids is 1. The fourth-order valence-electron chi connectivity index (χ4n) is 1.62. The van der Waals surface area contributed by atoms with E-state index in [1.807, 2.05) is 13.0 Å². The van der Waals surface area contributed by atoms with Gasteiger partial charge in [-0.2, -0.15) is 0 Å². The molecule has 0 aliphatic carbocycles. The number of hydrogen-bond donors (Lipinski definition) is 3. The van der Waals surface area contributed by atoms with Gasteiger partial charge in [0.1, 0.15) is 0 Å². The van der Waals surface area contributed by atoms with E-state index in [9.17, 15) is 9.59 Å². The zero-order valence-corrected chi connectivity index (χ0v) is 12.0. The van der Waals surface area contributed by atoms with E-state index in [2.05, 4.69) is 23.6 Å². The number of rotatable bonds is 7. The molecule has 1 rings (SSSR count). The van der Waals surface area contributed by atoms with Gasteiger partial charge in [0.2, 0.25) is 0 Å². The molecular formula is C13H20N2O3S. The fourth-order valence-corrected chi connectivity index (χ4v) is 2.52. The van der Waals surface area contributed by atoms with E-state index in [0.29, 0.717) is 13.0 Å². The van der Waals surface area contributed by atoms with Crippen LogP contribution in [0.25, 0.3) is 0 Å². The Hall–Kier alpha value is -1.56. The van der Waals surface area contributed by atoms with Gasteiger partial charge in [0.05, 0.1) is 13.0 Å². The van der Waals surface area contributed by atoms with Crippen molar-refractivity contribution < 1.29 is 14.7 Å². The van der Waals surface area contributed by atoms with Crippen LogP contribution >= 0.6 is 11.3 Å². The number of amides is 2. The number of nitrogens with one attached hydrogen (secondary N) is 2. The summed E-state index contributed by atoms with van der Waals surface area (Å²) in [5.41, 5.74) is 0. The lowest BCUT2D eigenvalue weighted by Gasteiger charge is -2.15. The average molecular weight is 284 g/mol. The van der Waals surface area contributed by atoms with Crippen LogP contribution < -0.4 is 10.6 Å². The van der Waals surface area contributed by atoms with E-state index in [4.69, 9.17) is 5.11 Å². The van der Waals surface area contributed by atoms with Crippen molar-refractivity contribution in [2.24, 2.45) is 0 Å². The van der Waals surface area contributed by atoms with Gasteiger partial charge < -0.3 is 15.7 Å². The zero-order valence-electron chi connectivity index (χ0n) is 11.2. The van der Waals surface area contributed by atoms with Gasteiger partial charge in [0.15, 0.2) is 0 Å². The number of aliphatic carboxylic acids is 1. The summed E-state index contributed by atoms with van der Waals surface area (Å²) in [6, 6.07) is 3.41. The minimum absolute atomic E-state index is 0.0527. The summed E-state index contributed by atoms with van der Waals surface area (Å²) in [7, 11) is 0. The number of carboxylic acids is 1. The maximum atomic E-state index is 11.6. The van der Waals surface area contributed by atoms with Crippen LogP contribution in [0.2, 0.25) is 0 Å². The average Bonchev–Trinajstić information content (AvgIpc) is 2.83. The lowest BCUT2D eigenvalue weighted by molar-refractivity contribution is -0.137. The first-order valence-corrected chi connectivity index (χ1v) is 7.20. The van der Waals surface area contributed by atoms with Crippen molar-refractivity contribution in [1.29, 1.82) is 0 Å². The van der Waals surface area contributed by atoms with Gasteiger partial charge in [-0.1, -0.05) is 13.8 Å². The topological polar surface area (TPSA) is 78.4 Å². The van der Waals surface area contributed by atoms with Crippen LogP contribution in [0.4, 0.5) is 4.79 Å². The standard InChI is InChI=1S/C13H20N2O3S/c1-3-9(7-12(16)17)15-13(18)14-8-11-6-5-10(4-2)19-11/h5-6,9H,3-4,7-8H2,1-2H3,(H,16,17)(H2,14,15,18). The van der Waals surface area contributed by atoms with E-state index < -0.39 is 5.97 Å². The minimum atomic E-state index is -0.905. The summed E-state index contributed by atoms with van der Waals surface area (Å²) < 4.78 is 0. The van der Waals surface area contributed by atoms with E-state index in [1.165, 1.54) is 4.88 Å². The fraction of sp³-hybridized carbons (Fsp3) is 0.538. The molecule has 1 atom stereocenters. The first-order valence-electron chi connectivity index (χ1n) is 6.38. The summed E-state index contributed by atoms with van der Waals surface area (Å²) >= 11 is 1.67. The quantitative estimate of drug-likeness (QED) is 0.719. The lowest BCUT2D eigenvalue weighted by atomic mass is 10.1. The van der Waals surface area contributed by atoms with E-state index in [-0.39, 0.29) is 18.5 Å². The molecule has 0 saturated carbocycles. The highest BCUT2D eigenvalue weighted by Crippen LogP contribution is 2.16. The van der Waals surface area contributed by atoms with Crippen LogP contribution in [-0.2, 0) is 17.8 Å². The van der Waals surface area contributed by atoms with Gasteiger partial charge in [-0.15, -0.1) is 11.3 Å². The highest BCUT2D eigenvalue weighted by Gasteiger charge is 2.13. The summed E-state index contributed by atoms with van der Waals surface area (Å²) in [6.07, 6.45) is 1.54. The van der Waals surface area contributed by atoms with Gasteiger partial charge >= 0.3 is 12.0 Å². The third kappa shape index (κ3) is 5.74. The van der Waals surface area contributed by atoms with E-state index in [1.54, 1.807) is 11.3 Å². The number of carbonyl (C=O) groups is 2. The normalized spacial score (nSPS) is 11.9. The summed E-state index contributed by atoms with van der Waals surface area (Å²) in [6.45, 7) is 4.41. The lowest BCUT2D eigenvalue weighted by Crippen LogP contribution is -2.42. The van der Waals surface area contributed by atoms with Crippen molar-refractivity contribution in [3.8, 4) is 0 Å². The molecule has 106 valence electrons. The highest BCUT2D eigenvalue weighted by atomic mass is 32.1. The molecule has 0 fully saturated rings. The Labute approximate surface area is 117 Å². The Morgan fingerprint density at radius 3 is 2.53 bits per heavy atom. The molecule has 1 unspecified atom stereocenters. The predicted octanol–water partition coefficient (Wildman–Crippen LogP) is 2.36. The summed E-state index contributed by atoms with van der Waals surface area (Å²) in [5.74, 6) is -0.905. The van der Waals surface area contributed by atoms with Crippen LogP contribution in [-0.4, -0.2) is 23.1 Å². The number of carboxylic acid groups (broad SMARTS) is 1. The van der Waals surface area contributed by atoms with Crippen molar-refractivity contribution in [3.63, 3.8) is 0 Å². The highest BCUT2D eigenvalue weighted by molar-refractivity contribution is 7.11. The first kappa shape index (κ1) is 15.5. The van der Waals surface area contributed by atoms with E-state index in [0.717, 1.165) is 11.3 Å². The Kier molecular flexibility index (Phi) is 6.35. The predicted molar refractivity (Wildman–Crippen MR) is 75.4 cm³/mol. The van der Waals surface area contributed by atoms with Crippen molar-refractivity contribution in [3.05, 3.63) is 21.9 Å². The molecule has 5 nitrogen and oxygen atoms in total. The van der Waals surface area contributed by atoms with Gasteiger partial charge in [0, 0.05) is 15.8 Å². The zero-order chi connectivity index (χ0) is 14.3. The monoisotopic (exact) mass is 284 g/mol. The molecular weight excluding hydrogens is 264 g/mol. The Bertz CT molecular complexity index is 431. The second-order valence-corrected chi connectivity index (χ2v) is 5.50. The number of thiophene rings is 1. The van der Waals surface area contributed by atoms with Crippen LogP contribution in [0.3, 0.4) is 0 Å². The van der Waals surface area contributed by atoms with E-state index >= 15 is 0 Å². The molecule has 1 heterocycles. The molecule has 1 aromatic heterocycles. The maximum Gasteiger partial charge on any atom is 0.315 e. The molecule has 0 radical (unpaired) electrons. The van der Waals surface area contributed by atoms with Crippen LogP contribution in [0.15, 0.2) is 12.1 Å². The van der Waals surface area contributed by atoms with Crippen LogP contribution in [0.1, 0.15) is 36.4 Å². The smallest absolute Gasteiger partial charge is 0.315 e. The number of hydrogen-bond acceptors (Lipinski definition) is 3. The van der Waals surface area contributed by atoms with Crippen molar-refractivity contribution in [2.75, 3.05) is 0 Å². The van der Waals surface area contributed by atoms with Crippen molar-refractivity contribution >= 4 is 23.3 Å². The van der Waals surface area contributed by atoms with Crippen LogP contribution in [0, 0.1) is 0 Å². The Morgan fingerprint density at radius 1 is 1.32 bits per heavy atom. The molecule has 0 aromatic carbocycles. The first-order chi connectivity index (χ1) is 9.05. The van der Waals surface area contributed by atoms with Gasteiger partial charge in [-0.3, -0.25) is 4.79 Å². The largest absolute Gasteiger partial charge is 0.481 e. The summed E-state index contributed by atoms with van der Waals surface area (Å²) in [5, 5.41) is 14.1. The summed E-state index contributed by atoms with van der Waals surface area (Å²) in [4.78, 5) is 24.6. The maximum absolute atomic E-state index is 11.6. The molecule has 3 N–H and O–H groups in total. The Balaban J connectivity index is 2.36.